The number of aryl methyl sites for hydroxylation is 1. The average Bonchev–Trinajstić information content (AvgIpc) is 3.14. The van der Waals surface area contributed by atoms with Crippen LogP contribution in [0.25, 0.3) is 0 Å². The molecule has 86 valence electrons. The maximum atomic E-state index is 4.55. The Morgan fingerprint density at radius 3 is 2.44 bits per heavy atom. The fourth-order valence-corrected chi connectivity index (χ4v) is 2.93. The Labute approximate surface area is 106 Å². The molecule has 1 aromatic heterocycles. The largest absolute Gasteiger partial charge is 0.260 e. The predicted molar refractivity (Wildman–Crippen MR) is 69.3 cm³/mol. The topological polar surface area (TPSA) is 12.9 Å². The van der Waals surface area contributed by atoms with Gasteiger partial charge in [0.25, 0.3) is 0 Å². The minimum Gasteiger partial charge on any atom is -0.260 e. The molecule has 0 bridgehead atoms. The second-order valence-corrected chi connectivity index (χ2v) is 6.32. The molecule has 1 nitrogen and oxygen atoms in total. The van der Waals surface area contributed by atoms with Crippen molar-refractivity contribution in [3.05, 3.63) is 28.0 Å². The molecule has 2 fully saturated rings. The van der Waals surface area contributed by atoms with Crippen molar-refractivity contribution in [1.82, 2.24) is 4.98 Å². The summed E-state index contributed by atoms with van der Waals surface area (Å²) in [6, 6.07) is 2.25. The maximum Gasteiger partial charge on any atom is 0.0416 e. The zero-order valence-corrected chi connectivity index (χ0v) is 11.3. The average molecular weight is 280 g/mol. The van der Waals surface area contributed by atoms with Crippen molar-refractivity contribution in [3.63, 3.8) is 0 Å². The molecule has 2 saturated carbocycles. The van der Waals surface area contributed by atoms with Crippen molar-refractivity contribution >= 4 is 15.9 Å². The number of halogens is 1. The van der Waals surface area contributed by atoms with Gasteiger partial charge in [0.1, 0.15) is 0 Å². The van der Waals surface area contributed by atoms with E-state index < -0.39 is 0 Å². The first-order chi connectivity index (χ1) is 7.74. The highest BCUT2D eigenvalue weighted by Crippen LogP contribution is 2.50. The van der Waals surface area contributed by atoms with Crippen LogP contribution in [-0.2, 0) is 6.42 Å². The third-order valence-corrected chi connectivity index (χ3v) is 4.83. The highest BCUT2D eigenvalue weighted by atomic mass is 79.9. The van der Waals surface area contributed by atoms with E-state index in [0.29, 0.717) is 0 Å². The number of rotatable bonds is 4. The van der Waals surface area contributed by atoms with Crippen LogP contribution in [0.3, 0.4) is 0 Å². The van der Waals surface area contributed by atoms with Crippen molar-refractivity contribution in [3.8, 4) is 0 Å². The predicted octanol–water partition coefficient (Wildman–Crippen LogP) is 4.13. The molecule has 0 amide bonds. The van der Waals surface area contributed by atoms with Gasteiger partial charge in [0.2, 0.25) is 0 Å². The summed E-state index contributed by atoms with van der Waals surface area (Å²) >= 11 is 3.52. The number of nitrogens with zero attached hydrogens (tertiary/aromatic N) is 1. The van der Waals surface area contributed by atoms with E-state index in [2.05, 4.69) is 33.9 Å². The van der Waals surface area contributed by atoms with E-state index in [1.807, 2.05) is 6.20 Å². The highest BCUT2D eigenvalue weighted by molar-refractivity contribution is 9.10. The lowest BCUT2D eigenvalue weighted by Crippen LogP contribution is -2.10. The number of hydrogen-bond acceptors (Lipinski definition) is 1. The molecule has 3 rings (SSSR count). The fraction of sp³-hybridized carbons (Fsp3) is 0.643. The SMILES string of the molecule is Cc1cc(CC(C2CC2)C2CC2)ncc1Br. The molecular formula is C14H18BrN. The molecule has 0 aliphatic heterocycles. The van der Waals surface area contributed by atoms with Crippen molar-refractivity contribution < 1.29 is 0 Å². The van der Waals surface area contributed by atoms with Gasteiger partial charge in [-0.1, -0.05) is 0 Å². The van der Waals surface area contributed by atoms with Gasteiger partial charge in [-0.2, -0.15) is 0 Å². The molecule has 2 aliphatic carbocycles. The van der Waals surface area contributed by atoms with Gasteiger partial charge in [-0.25, -0.2) is 0 Å². The van der Waals surface area contributed by atoms with E-state index >= 15 is 0 Å². The highest BCUT2D eigenvalue weighted by Gasteiger charge is 2.41. The zero-order valence-electron chi connectivity index (χ0n) is 9.75. The maximum absolute atomic E-state index is 4.55. The van der Waals surface area contributed by atoms with Crippen molar-refractivity contribution in [2.75, 3.05) is 0 Å². The van der Waals surface area contributed by atoms with Crippen LogP contribution in [0.5, 0.6) is 0 Å². The Morgan fingerprint density at radius 2 is 1.94 bits per heavy atom. The van der Waals surface area contributed by atoms with Crippen LogP contribution in [0.15, 0.2) is 16.7 Å². The summed E-state index contributed by atoms with van der Waals surface area (Å²) in [6.45, 7) is 2.15. The molecular weight excluding hydrogens is 262 g/mol. The van der Waals surface area contributed by atoms with Gasteiger partial charge in [-0.15, -0.1) is 0 Å². The minimum absolute atomic E-state index is 0.938. The van der Waals surface area contributed by atoms with Gasteiger partial charge < -0.3 is 0 Å². The molecule has 2 heteroatoms. The molecule has 1 heterocycles. The molecule has 2 aliphatic rings. The third-order valence-electron chi connectivity index (χ3n) is 4.00. The van der Waals surface area contributed by atoms with E-state index in [9.17, 15) is 0 Å². The van der Waals surface area contributed by atoms with Crippen LogP contribution in [0.2, 0.25) is 0 Å². The zero-order chi connectivity index (χ0) is 11.1. The Balaban J connectivity index is 1.73. The number of pyridine rings is 1. The van der Waals surface area contributed by atoms with Gasteiger partial charge in [-0.05, 0) is 84.3 Å². The van der Waals surface area contributed by atoms with Gasteiger partial charge in [0, 0.05) is 16.4 Å². The van der Waals surface area contributed by atoms with Gasteiger partial charge in [0.05, 0.1) is 0 Å². The van der Waals surface area contributed by atoms with E-state index in [-0.39, 0.29) is 0 Å². The van der Waals surface area contributed by atoms with Gasteiger partial charge in [0.15, 0.2) is 0 Å². The van der Waals surface area contributed by atoms with Crippen molar-refractivity contribution in [1.29, 1.82) is 0 Å². The summed E-state index contributed by atoms with van der Waals surface area (Å²) in [7, 11) is 0. The number of hydrogen-bond donors (Lipinski definition) is 0. The Kier molecular flexibility index (Phi) is 2.78. The molecule has 1 aromatic rings. The Hall–Kier alpha value is -0.370. The summed E-state index contributed by atoms with van der Waals surface area (Å²) in [5.74, 6) is 2.99. The van der Waals surface area contributed by atoms with Gasteiger partial charge >= 0.3 is 0 Å². The monoisotopic (exact) mass is 279 g/mol. The smallest absolute Gasteiger partial charge is 0.0416 e. The van der Waals surface area contributed by atoms with Crippen molar-refractivity contribution in [2.45, 2.75) is 39.0 Å². The first kappa shape index (κ1) is 10.8. The van der Waals surface area contributed by atoms with Crippen LogP contribution in [-0.4, -0.2) is 4.98 Å². The lowest BCUT2D eigenvalue weighted by atomic mass is 9.92. The molecule has 0 atom stereocenters. The molecule has 0 spiro atoms. The van der Waals surface area contributed by atoms with Gasteiger partial charge in [-0.3, -0.25) is 4.98 Å². The fourth-order valence-electron chi connectivity index (χ4n) is 2.72. The third kappa shape index (κ3) is 2.32. The lowest BCUT2D eigenvalue weighted by molar-refractivity contribution is 0.399. The second-order valence-electron chi connectivity index (χ2n) is 5.47. The molecule has 0 radical (unpaired) electrons. The molecule has 0 saturated heterocycles. The van der Waals surface area contributed by atoms with E-state index in [4.69, 9.17) is 0 Å². The molecule has 0 aromatic carbocycles. The van der Waals surface area contributed by atoms with Crippen LogP contribution < -0.4 is 0 Å². The summed E-state index contributed by atoms with van der Waals surface area (Å²) in [4.78, 5) is 4.55. The summed E-state index contributed by atoms with van der Waals surface area (Å²) in [5, 5.41) is 0. The molecule has 0 N–H and O–H groups in total. The lowest BCUT2D eigenvalue weighted by Gasteiger charge is -2.15. The van der Waals surface area contributed by atoms with Crippen LogP contribution in [0, 0.1) is 24.7 Å². The van der Waals surface area contributed by atoms with Crippen LogP contribution in [0.4, 0.5) is 0 Å². The quantitative estimate of drug-likeness (QED) is 0.808. The molecule has 0 unspecified atom stereocenters. The Morgan fingerprint density at radius 1 is 1.31 bits per heavy atom. The summed E-state index contributed by atoms with van der Waals surface area (Å²) in [5.41, 5.74) is 2.61. The van der Waals surface area contributed by atoms with Crippen molar-refractivity contribution in [2.24, 2.45) is 17.8 Å². The first-order valence-corrected chi connectivity index (χ1v) is 7.14. The second kappa shape index (κ2) is 4.14. The van der Waals surface area contributed by atoms with E-state index in [0.717, 1.165) is 22.2 Å². The van der Waals surface area contributed by atoms with Crippen LogP contribution in [0.1, 0.15) is 36.9 Å². The summed E-state index contributed by atoms with van der Waals surface area (Å²) in [6.07, 6.45) is 9.05. The standard InChI is InChI=1S/C14H18BrN/c1-9-6-12(16-8-14(9)15)7-13(10-2-3-10)11-4-5-11/h6,8,10-11,13H,2-5,7H2,1H3. The Bertz CT molecular complexity index is 382. The summed E-state index contributed by atoms with van der Waals surface area (Å²) < 4.78 is 1.13. The normalized spacial score (nSPS) is 20.4. The minimum atomic E-state index is 0.938. The van der Waals surface area contributed by atoms with E-state index in [1.165, 1.54) is 43.4 Å². The number of aromatic nitrogens is 1. The van der Waals surface area contributed by atoms with E-state index in [1.54, 1.807) is 0 Å². The van der Waals surface area contributed by atoms with Crippen LogP contribution >= 0.6 is 15.9 Å². The molecule has 16 heavy (non-hydrogen) atoms. The first-order valence-electron chi connectivity index (χ1n) is 6.35.